The molecule has 0 saturated carbocycles. The largest absolute Gasteiger partial charge is 0.494 e. The smallest absolute Gasteiger partial charge is 0.119 e. The zero-order valence-electron chi connectivity index (χ0n) is 53.0. The fourth-order valence-corrected chi connectivity index (χ4v) is 10.7. The third-order valence-electron chi connectivity index (χ3n) is 15.9. The minimum Gasteiger partial charge on any atom is -0.494 e. The highest BCUT2D eigenvalue weighted by atomic mass is 16.5. The molecule has 0 aliphatic heterocycles. The second-order valence-corrected chi connectivity index (χ2v) is 22.8. The third kappa shape index (κ3) is 16.8. The van der Waals surface area contributed by atoms with Gasteiger partial charge in [-0.1, -0.05) is 121 Å². The molecule has 0 N–H and O–H groups in total. The van der Waals surface area contributed by atoms with Gasteiger partial charge in [0.05, 0.1) is 33.0 Å². The van der Waals surface area contributed by atoms with E-state index in [-0.39, 0.29) is 0 Å². The Bertz CT molecular complexity index is 3420. The minimum atomic E-state index is 0.700. The zero-order chi connectivity index (χ0) is 61.6. The lowest BCUT2D eigenvalue weighted by Gasteiger charge is -2.26. The van der Waals surface area contributed by atoms with Gasteiger partial charge in [-0.3, -0.25) is 0 Å². The maximum atomic E-state index is 6.11. The molecular weight excluding hydrogens is 1090 g/mol. The van der Waals surface area contributed by atoms with Crippen molar-refractivity contribution in [3.63, 3.8) is 0 Å². The van der Waals surface area contributed by atoms with Crippen LogP contribution in [0.25, 0.3) is 33.4 Å². The van der Waals surface area contributed by atoms with Crippen molar-refractivity contribution in [1.29, 1.82) is 0 Å². The van der Waals surface area contributed by atoms with Crippen molar-refractivity contribution < 1.29 is 23.7 Å². The first-order chi connectivity index (χ1) is 43.8. The van der Waals surface area contributed by atoms with Crippen molar-refractivity contribution in [2.24, 2.45) is 0 Å². The first-order valence-corrected chi connectivity index (χ1v) is 32.4. The summed E-state index contributed by atoms with van der Waals surface area (Å²) < 4.78 is 30.5. The maximum absolute atomic E-state index is 6.11. The van der Waals surface area contributed by atoms with Gasteiger partial charge >= 0.3 is 0 Å². The van der Waals surface area contributed by atoms with E-state index < -0.39 is 0 Å². The molecule has 0 aliphatic carbocycles. The molecule has 0 aliphatic rings. The van der Waals surface area contributed by atoms with Gasteiger partial charge in [0, 0.05) is 51.2 Å². The molecule has 456 valence electrons. The number of anilines is 9. The van der Waals surface area contributed by atoms with E-state index >= 15 is 0 Å². The van der Waals surface area contributed by atoms with Crippen LogP contribution in [0, 0.1) is 6.92 Å². The summed E-state index contributed by atoms with van der Waals surface area (Å²) in [6.45, 7) is 16.6. The fourth-order valence-electron chi connectivity index (χ4n) is 10.7. The Labute approximate surface area is 529 Å². The number of unbranched alkanes of at least 4 members (excludes halogenated alkanes) is 5. The van der Waals surface area contributed by atoms with Gasteiger partial charge in [0.25, 0.3) is 0 Å². The lowest BCUT2D eigenvalue weighted by atomic mass is 9.93. The molecule has 8 heteroatoms. The molecule has 0 aromatic heterocycles. The predicted octanol–water partition coefficient (Wildman–Crippen LogP) is 23.3. The van der Waals surface area contributed by atoms with Crippen molar-refractivity contribution in [3.05, 3.63) is 242 Å². The summed E-state index contributed by atoms with van der Waals surface area (Å²) in [4.78, 5) is 6.91. The Morgan fingerprint density at radius 3 is 0.562 bits per heavy atom. The van der Waals surface area contributed by atoms with Crippen LogP contribution in [0.4, 0.5) is 51.2 Å². The molecule has 0 radical (unpaired) electrons. The van der Waals surface area contributed by atoms with E-state index in [0.717, 1.165) is 178 Å². The molecule has 0 heterocycles. The molecule has 0 saturated heterocycles. The highest BCUT2D eigenvalue weighted by molar-refractivity contribution is 5.86. The molecule has 10 aromatic rings. The van der Waals surface area contributed by atoms with E-state index in [9.17, 15) is 0 Å². The predicted molar refractivity (Wildman–Crippen MR) is 374 cm³/mol. The topological polar surface area (TPSA) is 55.9 Å². The van der Waals surface area contributed by atoms with Crippen LogP contribution in [-0.2, 0) is 0 Å². The SMILES string of the molecule is CCCCOc1ccc(N(c2ccc(C)cc2)c2ccc(-c3cc(-c4ccc(N(c5ccc(OCCCC)cc5)c5ccc(OCCCC)cc5)cc4)cc(-c4ccc(N(c5ccc(OCCCC)cc5)c5ccc(OCCCC)cc5)cc4)c3)cc2)cc1. The lowest BCUT2D eigenvalue weighted by Crippen LogP contribution is -2.10. The second kappa shape index (κ2) is 32.0. The number of nitrogens with zero attached hydrogens (tertiary/aromatic N) is 3. The Hall–Kier alpha value is -9.40. The average Bonchev–Trinajstić information content (AvgIpc) is 3.29. The van der Waals surface area contributed by atoms with Gasteiger partial charge in [0.2, 0.25) is 0 Å². The van der Waals surface area contributed by atoms with Gasteiger partial charge in [-0.25, -0.2) is 0 Å². The van der Waals surface area contributed by atoms with Crippen LogP contribution in [-0.4, -0.2) is 33.0 Å². The van der Waals surface area contributed by atoms with Crippen molar-refractivity contribution in [1.82, 2.24) is 0 Å². The summed E-state index contributed by atoms with van der Waals surface area (Å²) in [7, 11) is 0. The number of ether oxygens (including phenoxy) is 5. The lowest BCUT2D eigenvalue weighted by molar-refractivity contribution is 0.309. The van der Waals surface area contributed by atoms with Crippen LogP contribution in [0.1, 0.15) is 104 Å². The Kier molecular flexibility index (Phi) is 22.5. The molecule has 0 fully saturated rings. The summed E-state index contributed by atoms with van der Waals surface area (Å²) in [5.74, 6) is 4.35. The number of hydrogen-bond donors (Lipinski definition) is 0. The van der Waals surface area contributed by atoms with E-state index in [0.29, 0.717) is 33.0 Å². The van der Waals surface area contributed by atoms with Crippen molar-refractivity contribution in [2.75, 3.05) is 47.7 Å². The molecule has 0 amide bonds. The van der Waals surface area contributed by atoms with Crippen molar-refractivity contribution in [3.8, 4) is 62.1 Å². The van der Waals surface area contributed by atoms with E-state index in [1.54, 1.807) is 0 Å². The molecule has 89 heavy (non-hydrogen) atoms. The first-order valence-electron chi connectivity index (χ1n) is 32.4. The number of benzene rings is 10. The molecular formula is C81H87N3O5. The monoisotopic (exact) mass is 1180 g/mol. The third-order valence-corrected chi connectivity index (χ3v) is 15.9. The van der Waals surface area contributed by atoms with Gasteiger partial charge in [0.15, 0.2) is 0 Å². The van der Waals surface area contributed by atoms with Crippen LogP contribution in [0.5, 0.6) is 28.7 Å². The van der Waals surface area contributed by atoms with Crippen LogP contribution in [0.2, 0.25) is 0 Å². The van der Waals surface area contributed by atoms with Gasteiger partial charge in [-0.15, -0.1) is 0 Å². The van der Waals surface area contributed by atoms with Crippen molar-refractivity contribution in [2.45, 2.75) is 106 Å². The molecule has 0 unspecified atom stereocenters. The Balaban J connectivity index is 1.03. The van der Waals surface area contributed by atoms with Gasteiger partial charge < -0.3 is 38.4 Å². The van der Waals surface area contributed by atoms with Gasteiger partial charge in [-0.2, -0.15) is 0 Å². The Morgan fingerprint density at radius 1 is 0.213 bits per heavy atom. The minimum absolute atomic E-state index is 0.700. The molecule has 10 aromatic carbocycles. The van der Waals surface area contributed by atoms with Crippen LogP contribution < -0.4 is 38.4 Å². The van der Waals surface area contributed by atoms with Gasteiger partial charge in [-0.05, 0) is 260 Å². The summed E-state index contributed by atoms with van der Waals surface area (Å²) in [6.07, 6.45) is 10.5. The highest BCUT2D eigenvalue weighted by Gasteiger charge is 2.19. The van der Waals surface area contributed by atoms with E-state index in [4.69, 9.17) is 23.7 Å². The quantitative estimate of drug-likeness (QED) is 0.0387. The molecule has 8 nitrogen and oxygen atoms in total. The standard InChI is InChI=1S/C81H87N3O5/c1-7-12-53-85-77-43-33-72(34-44-77)82(68-25-17-61(6)18-26-68)69-27-19-62(20-28-69)65-58-66(63-21-29-70(30-22-63)83(73-35-45-78(46-36-73)86-54-13-8-2)74-37-47-79(48-38-74)87-55-14-9-3)60-67(59-65)64-23-31-71(32-24-64)84(75-39-49-80(50-40-75)88-56-15-10-4)76-41-51-81(52-42-76)89-57-16-11-5/h17-52,58-60H,7-16,53-57H2,1-6H3. The number of aryl methyl sites for hydroxylation is 1. The highest BCUT2D eigenvalue weighted by Crippen LogP contribution is 2.43. The van der Waals surface area contributed by atoms with Crippen LogP contribution in [0.3, 0.4) is 0 Å². The van der Waals surface area contributed by atoms with E-state index in [1.165, 1.54) is 5.56 Å². The maximum Gasteiger partial charge on any atom is 0.119 e. The summed E-state index contributed by atoms with van der Waals surface area (Å²) >= 11 is 0. The number of hydrogen-bond acceptors (Lipinski definition) is 8. The molecule has 0 bridgehead atoms. The van der Waals surface area contributed by atoms with E-state index in [2.05, 4.69) is 293 Å². The van der Waals surface area contributed by atoms with Gasteiger partial charge in [0.1, 0.15) is 28.7 Å². The molecule has 0 spiro atoms. The van der Waals surface area contributed by atoms with Crippen LogP contribution in [0.15, 0.2) is 237 Å². The first kappa shape index (κ1) is 62.6. The fraction of sp³-hybridized carbons (Fsp3) is 0.259. The molecule has 0 atom stereocenters. The average molecular weight is 1180 g/mol. The van der Waals surface area contributed by atoms with E-state index in [1.807, 2.05) is 0 Å². The molecule has 10 rings (SSSR count). The normalized spacial score (nSPS) is 11.0. The number of rotatable bonds is 32. The van der Waals surface area contributed by atoms with Crippen molar-refractivity contribution >= 4 is 51.2 Å². The summed E-state index contributed by atoms with van der Waals surface area (Å²) in [6, 6.07) is 84.8. The Morgan fingerprint density at radius 2 is 0.382 bits per heavy atom. The van der Waals surface area contributed by atoms with Crippen LogP contribution >= 0.6 is 0 Å². The zero-order valence-corrected chi connectivity index (χ0v) is 53.0. The summed E-state index contributed by atoms with van der Waals surface area (Å²) in [5.41, 5.74) is 17.3. The summed E-state index contributed by atoms with van der Waals surface area (Å²) in [5, 5.41) is 0. The second-order valence-electron chi connectivity index (χ2n) is 22.8.